The van der Waals surface area contributed by atoms with E-state index >= 15 is 0 Å². The average Bonchev–Trinajstić information content (AvgIpc) is 2.26. The Hall–Kier alpha value is -2.35. The van der Waals surface area contributed by atoms with Gasteiger partial charge in [-0.2, -0.15) is 10.4 Å². The molecular weight excluding hydrogens is 204 g/mol. The van der Waals surface area contributed by atoms with Crippen molar-refractivity contribution in [2.24, 2.45) is 5.10 Å². The molecule has 0 heterocycles. The number of nitrogen functional groups attached to an aromatic ring is 1. The van der Waals surface area contributed by atoms with E-state index < -0.39 is 5.91 Å². The molecule has 0 aliphatic rings. The van der Waals surface area contributed by atoms with Crippen LogP contribution in [0.15, 0.2) is 29.4 Å². The minimum atomic E-state index is -0.425. The molecule has 0 spiro atoms. The molecule has 0 bridgehead atoms. The van der Waals surface area contributed by atoms with Gasteiger partial charge in [-0.05, 0) is 24.6 Å². The highest BCUT2D eigenvalue weighted by Crippen LogP contribution is 2.07. The zero-order chi connectivity index (χ0) is 12.0. The van der Waals surface area contributed by atoms with Crippen LogP contribution < -0.4 is 11.2 Å². The molecule has 1 amide bonds. The number of hydrogen-bond acceptors (Lipinski definition) is 4. The highest BCUT2D eigenvalue weighted by atomic mass is 16.2. The fourth-order valence-corrected chi connectivity index (χ4v) is 1.09. The van der Waals surface area contributed by atoms with Gasteiger partial charge in [0.05, 0.1) is 11.8 Å². The molecule has 82 valence electrons. The van der Waals surface area contributed by atoms with Crippen molar-refractivity contribution in [1.82, 2.24) is 5.43 Å². The number of benzene rings is 1. The van der Waals surface area contributed by atoms with Crippen LogP contribution in [-0.2, 0) is 4.79 Å². The Balaban J connectivity index is 2.71. The van der Waals surface area contributed by atoms with Gasteiger partial charge in [0.15, 0.2) is 0 Å². The van der Waals surface area contributed by atoms with Crippen LogP contribution in [0.25, 0.3) is 0 Å². The summed E-state index contributed by atoms with van der Waals surface area (Å²) in [4.78, 5) is 11.0. The Morgan fingerprint density at radius 1 is 1.62 bits per heavy atom. The largest absolute Gasteiger partial charge is 0.399 e. The van der Waals surface area contributed by atoms with E-state index in [1.165, 1.54) is 0 Å². The zero-order valence-corrected chi connectivity index (χ0v) is 8.90. The van der Waals surface area contributed by atoms with Gasteiger partial charge in [0.2, 0.25) is 0 Å². The first-order chi connectivity index (χ1) is 7.63. The van der Waals surface area contributed by atoms with Crippen molar-refractivity contribution in [1.29, 1.82) is 5.26 Å². The van der Waals surface area contributed by atoms with Crippen LogP contribution in [0.3, 0.4) is 0 Å². The average molecular weight is 216 g/mol. The lowest BCUT2D eigenvalue weighted by Crippen LogP contribution is -2.18. The summed E-state index contributed by atoms with van der Waals surface area (Å²) in [5, 5.41) is 12.1. The fraction of sp³-hybridized carbons (Fsp3) is 0.182. The lowest BCUT2D eigenvalue weighted by Gasteiger charge is -2.02. The molecule has 0 aliphatic heterocycles. The smallest absolute Gasteiger partial charge is 0.254 e. The highest BCUT2D eigenvalue weighted by Gasteiger charge is 2.00. The molecule has 0 unspecified atom stereocenters. The molecule has 0 aliphatic carbocycles. The van der Waals surface area contributed by atoms with Crippen LogP contribution in [0.4, 0.5) is 5.69 Å². The summed E-state index contributed by atoms with van der Waals surface area (Å²) in [5.41, 5.74) is 10.0. The fourth-order valence-electron chi connectivity index (χ4n) is 1.09. The van der Waals surface area contributed by atoms with E-state index in [-0.39, 0.29) is 6.42 Å². The highest BCUT2D eigenvalue weighted by molar-refractivity contribution is 5.99. The molecular formula is C11H12N4O. The number of carbonyl (C=O) groups excluding carboxylic acids is 1. The molecule has 0 aromatic heterocycles. The van der Waals surface area contributed by atoms with E-state index in [1.54, 1.807) is 31.2 Å². The van der Waals surface area contributed by atoms with Gasteiger partial charge in [-0.1, -0.05) is 12.1 Å². The van der Waals surface area contributed by atoms with E-state index in [0.717, 1.165) is 5.56 Å². The molecule has 0 saturated heterocycles. The third-order valence-electron chi connectivity index (χ3n) is 1.89. The topological polar surface area (TPSA) is 91.3 Å². The lowest BCUT2D eigenvalue weighted by atomic mass is 10.1. The number of nitrogens with zero attached hydrogens (tertiary/aromatic N) is 2. The molecule has 0 fully saturated rings. The van der Waals surface area contributed by atoms with Gasteiger partial charge < -0.3 is 5.73 Å². The van der Waals surface area contributed by atoms with E-state index in [2.05, 4.69) is 10.5 Å². The number of hydrazone groups is 1. The third-order valence-corrected chi connectivity index (χ3v) is 1.89. The summed E-state index contributed by atoms with van der Waals surface area (Å²) in [6.45, 7) is 1.75. The molecule has 1 rings (SSSR count). The summed E-state index contributed by atoms with van der Waals surface area (Å²) < 4.78 is 0. The molecule has 5 nitrogen and oxygen atoms in total. The minimum absolute atomic E-state index is 0.201. The SMILES string of the molecule is C/C(=N/NC(=O)CC#N)c1cccc(N)c1. The van der Waals surface area contributed by atoms with Crippen LogP contribution in [0, 0.1) is 11.3 Å². The standard InChI is InChI=1S/C11H12N4O/c1-8(14-15-11(16)5-6-12)9-3-2-4-10(13)7-9/h2-4,7H,5,13H2,1H3,(H,15,16)/b14-8-. The van der Waals surface area contributed by atoms with Crippen LogP contribution >= 0.6 is 0 Å². The van der Waals surface area contributed by atoms with Crippen molar-refractivity contribution in [3.8, 4) is 6.07 Å². The van der Waals surface area contributed by atoms with Crippen LogP contribution in [0.1, 0.15) is 18.9 Å². The Morgan fingerprint density at radius 3 is 3.00 bits per heavy atom. The van der Waals surface area contributed by atoms with Crippen molar-refractivity contribution >= 4 is 17.3 Å². The molecule has 0 radical (unpaired) electrons. The van der Waals surface area contributed by atoms with Gasteiger partial charge in [0.1, 0.15) is 6.42 Å². The molecule has 16 heavy (non-hydrogen) atoms. The zero-order valence-electron chi connectivity index (χ0n) is 8.90. The van der Waals surface area contributed by atoms with Crippen molar-refractivity contribution in [3.63, 3.8) is 0 Å². The monoisotopic (exact) mass is 216 g/mol. The molecule has 1 aromatic rings. The summed E-state index contributed by atoms with van der Waals surface area (Å²) in [6.07, 6.45) is -0.201. The number of hydrogen-bond donors (Lipinski definition) is 2. The van der Waals surface area contributed by atoms with Crippen molar-refractivity contribution in [2.75, 3.05) is 5.73 Å². The van der Waals surface area contributed by atoms with Crippen LogP contribution in [0.5, 0.6) is 0 Å². The Bertz CT molecular complexity index is 459. The maximum Gasteiger partial charge on any atom is 0.254 e. The molecule has 1 aromatic carbocycles. The van der Waals surface area contributed by atoms with Crippen molar-refractivity contribution < 1.29 is 4.79 Å². The number of nitrogens with two attached hydrogens (primary N) is 1. The van der Waals surface area contributed by atoms with Crippen LogP contribution in [0.2, 0.25) is 0 Å². The maximum absolute atomic E-state index is 11.0. The summed E-state index contributed by atoms with van der Waals surface area (Å²) >= 11 is 0. The quantitative estimate of drug-likeness (QED) is 0.449. The predicted molar refractivity (Wildman–Crippen MR) is 61.4 cm³/mol. The van der Waals surface area contributed by atoms with E-state index in [1.807, 2.05) is 6.07 Å². The molecule has 5 heteroatoms. The van der Waals surface area contributed by atoms with E-state index in [4.69, 9.17) is 11.0 Å². The number of anilines is 1. The molecule has 0 atom stereocenters. The van der Waals surface area contributed by atoms with E-state index in [9.17, 15) is 4.79 Å². The molecule has 3 N–H and O–H groups in total. The third kappa shape index (κ3) is 3.42. The Morgan fingerprint density at radius 2 is 2.38 bits per heavy atom. The minimum Gasteiger partial charge on any atom is -0.399 e. The number of nitriles is 1. The van der Waals surface area contributed by atoms with E-state index in [0.29, 0.717) is 11.4 Å². The van der Waals surface area contributed by atoms with Gasteiger partial charge in [0.25, 0.3) is 5.91 Å². The van der Waals surface area contributed by atoms with Gasteiger partial charge >= 0.3 is 0 Å². The van der Waals surface area contributed by atoms with Crippen LogP contribution in [-0.4, -0.2) is 11.6 Å². The van der Waals surface area contributed by atoms with Gasteiger partial charge in [0, 0.05) is 5.69 Å². The van der Waals surface area contributed by atoms with Gasteiger partial charge in [-0.25, -0.2) is 5.43 Å². The van der Waals surface area contributed by atoms with Crippen molar-refractivity contribution in [3.05, 3.63) is 29.8 Å². The maximum atomic E-state index is 11.0. The predicted octanol–water partition coefficient (Wildman–Crippen LogP) is 1.02. The first-order valence-electron chi connectivity index (χ1n) is 4.69. The second-order valence-corrected chi connectivity index (χ2v) is 3.19. The first kappa shape index (κ1) is 11.7. The number of carbonyl (C=O) groups is 1. The van der Waals surface area contributed by atoms with Crippen molar-refractivity contribution in [2.45, 2.75) is 13.3 Å². The first-order valence-corrected chi connectivity index (χ1v) is 4.69. The normalized spacial score (nSPS) is 10.6. The lowest BCUT2D eigenvalue weighted by molar-refractivity contribution is -0.120. The summed E-state index contributed by atoms with van der Waals surface area (Å²) in [5.74, 6) is -0.425. The summed E-state index contributed by atoms with van der Waals surface area (Å²) in [7, 11) is 0. The number of amides is 1. The van der Waals surface area contributed by atoms with Gasteiger partial charge in [-0.3, -0.25) is 4.79 Å². The number of rotatable bonds is 3. The Labute approximate surface area is 93.6 Å². The summed E-state index contributed by atoms with van der Waals surface area (Å²) in [6, 6.07) is 8.91. The van der Waals surface area contributed by atoms with Gasteiger partial charge in [-0.15, -0.1) is 0 Å². The second-order valence-electron chi connectivity index (χ2n) is 3.19. The second kappa shape index (κ2) is 5.51. The number of nitrogens with one attached hydrogen (secondary N) is 1. The molecule has 0 saturated carbocycles. The Kier molecular flexibility index (Phi) is 4.04.